The molecule has 1 aromatic rings. The number of rotatable bonds is 8. The smallest absolute Gasteiger partial charge is 0.0720 e. The monoisotopic (exact) mass is 366 g/mol. The molecule has 2 atom stereocenters. The Labute approximate surface area is 154 Å². The molecule has 1 nitrogen and oxygen atoms in total. The van der Waals surface area contributed by atoms with E-state index in [-0.39, 0.29) is 21.0 Å². The molecule has 24 heavy (non-hydrogen) atoms. The van der Waals surface area contributed by atoms with Crippen LogP contribution in [0.5, 0.6) is 0 Å². The molecule has 0 N–H and O–H groups in total. The van der Waals surface area contributed by atoms with E-state index in [4.69, 9.17) is 4.74 Å². The average Bonchev–Trinajstić information content (AvgIpc) is 2.50. The van der Waals surface area contributed by atoms with Crippen molar-refractivity contribution in [2.24, 2.45) is 11.8 Å². The van der Waals surface area contributed by atoms with Crippen LogP contribution >= 0.6 is 21.0 Å². The molecule has 0 saturated heterocycles. The Hall–Kier alpha value is -0.380. The van der Waals surface area contributed by atoms with E-state index >= 15 is 0 Å². The predicted octanol–water partition coefficient (Wildman–Crippen LogP) is 5.69. The van der Waals surface area contributed by atoms with Gasteiger partial charge in [0.15, 0.2) is 0 Å². The third-order valence-corrected chi connectivity index (χ3v) is 6.46. The van der Waals surface area contributed by atoms with Gasteiger partial charge < -0.3 is 4.74 Å². The van der Waals surface area contributed by atoms with Gasteiger partial charge in [-0.2, -0.15) is 21.0 Å². The van der Waals surface area contributed by atoms with Gasteiger partial charge in [0, 0.05) is 18.1 Å². The maximum atomic E-state index is 6.15. The van der Waals surface area contributed by atoms with Gasteiger partial charge in [-0.1, -0.05) is 49.7 Å². The van der Waals surface area contributed by atoms with Gasteiger partial charge >= 0.3 is 0 Å². The summed E-state index contributed by atoms with van der Waals surface area (Å²) in [7, 11) is 0.369. The SMILES string of the molecule is C=S(C)Cc1ccc(CS(=C)C)c(COCC2CCC(C)CC2)c1. The van der Waals surface area contributed by atoms with Gasteiger partial charge in [0.2, 0.25) is 0 Å². The van der Waals surface area contributed by atoms with Crippen LogP contribution < -0.4 is 0 Å². The lowest BCUT2D eigenvalue weighted by atomic mass is 9.83. The van der Waals surface area contributed by atoms with Crippen LogP contribution in [0.4, 0.5) is 0 Å². The van der Waals surface area contributed by atoms with Crippen molar-refractivity contribution in [1.82, 2.24) is 0 Å². The zero-order valence-electron chi connectivity index (χ0n) is 15.7. The summed E-state index contributed by atoms with van der Waals surface area (Å²) < 4.78 is 6.15. The van der Waals surface area contributed by atoms with Crippen molar-refractivity contribution in [3.05, 3.63) is 34.9 Å². The maximum Gasteiger partial charge on any atom is 0.0720 e. The van der Waals surface area contributed by atoms with Crippen LogP contribution in [0.2, 0.25) is 0 Å². The fourth-order valence-corrected chi connectivity index (χ4v) is 4.99. The fourth-order valence-electron chi connectivity index (χ4n) is 3.43. The molecular weight excluding hydrogens is 332 g/mol. The molecular formula is C21H34OS2. The maximum absolute atomic E-state index is 6.15. The van der Waals surface area contributed by atoms with Crippen molar-refractivity contribution in [3.8, 4) is 0 Å². The van der Waals surface area contributed by atoms with Crippen molar-refractivity contribution in [2.45, 2.75) is 50.7 Å². The van der Waals surface area contributed by atoms with Crippen LogP contribution in [0.15, 0.2) is 18.2 Å². The van der Waals surface area contributed by atoms with Gasteiger partial charge in [-0.25, -0.2) is 0 Å². The molecule has 0 bridgehead atoms. The van der Waals surface area contributed by atoms with E-state index in [0.717, 1.165) is 36.6 Å². The molecule has 3 heteroatoms. The lowest BCUT2D eigenvalue weighted by Crippen LogP contribution is -2.17. The topological polar surface area (TPSA) is 9.23 Å². The Morgan fingerprint density at radius 2 is 1.67 bits per heavy atom. The van der Waals surface area contributed by atoms with Crippen LogP contribution in [0.25, 0.3) is 0 Å². The van der Waals surface area contributed by atoms with E-state index in [2.05, 4.69) is 49.4 Å². The number of benzene rings is 1. The Balaban J connectivity index is 1.97. The van der Waals surface area contributed by atoms with Crippen LogP contribution in [0.1, 0.15) is 49.3 Å². The molecule has 1 aromatic carbocycles. The summed E-state index contributed by atoms with van der Waals surface area (Å²) in [5.74, 6) is 12.1. The Morgan fingerprint density at radius 3 is 2.29 bits per heavy atom. The second-order valence-electron chi connectivity index (χ2n) is 7.60. The Bertz CT molecular complexity index is 571. The highest BCUT2D eigenvalue weighted by Gasteiger charge is 2.18. The van der Waals surface area contributed by atoms with Crippen molar-refractivity contribution in [1.29, 1.82) is 0 Å². The third kappa shape index (κ3) is 6.85. The average molecular weight is 367 g/mol. The molecule has 0 aliphatic heterocycles. The summed E-state index contributed by atoms with van der Waals surface area (Å²) in [6.07, 6.45) is 9.83. The van der Waals surface area contributed by atoms with Gasteiger partial charge in [-0.15, -0.1) is 0 Å². The molecule has 0 spiro atoms. The summed E-state index contributed by atoms with van der Waals surface area (Å²) in [5.41, 5.74) is 4.17. The first-order valence-corrected chi connectivity index (χ1v) is 12.9. The molecule has 0 amide bonds. The number of hydrogen-bond acceptors (Lipinski definition) is 1. The normalized spacial score (nSPS) is 23.8. The molecule has 1 aliphatic carbocycles. The molecule has 0 heterocycles. The van der Waals surface area contributed by atoms with Crippen LogP contribution in [-0.4, -0.2) is 30.9 Å². The summed E-state index contributed by atoms with van der Waals surface area (Å²) in [6.45, 7) is 4.05. The summed E-state index contributed by atoms with van der Waals surface area (Å²) >= 11 is 0. The molecule has 2 rings (SSSR count). The van der Waals surface area contributed by atoms with E-state index in [1.165, 1.54) is 42.4 Å². The van der Waals surface area contributed by atoms with Gasteiger partial charge in [0.05, 0.1) is 6.61 Å². The zero-order chi connectivity index (χ0) is 17.5. The minimum absolute atomic E-state index is 0.176. The van der Waals surface area contributed by atoms with Gasteiger partial charge in [-0.05, 0) is 53.9 Å². The highest BCUT2D eigenvalue weighted by atomic mass is 32.2. The van der Waals surface area contributed by atoms with E-state index in [0.29, 0.717) is 0 Å². The van der Waals surface area contributed by atoms with E-state index in [1.807, 2.05) is 0 Å². The van der Waals surface area contributed by atoms with E-state index in [1.54, 1.807) is 0 Å². The fraction of sp³-hybridized carbons (Fsp3) is 0.619. The van der Waals surface area contributed by atoms with Gasteiger partial charge in [0.1, 0.15) is 0 Å². The number of hydrogen-bond donors (Lipinski definition) is 0. The first-order valence-electron chi connectivity index (χ1n) is 8.97. The summed E-state index contributed by atoms with van der Waals surface area (Å²) in [5, 5.41) is 0. The second-order valence-corrected chi connectivity index (χ2v) is 11.3. The lowest BCUT2D eigenvalue weighted by molar-refractivity contribution is 0.0681. The van der Waals surface area contributed by atoms with Crippen molar-refractivity contribution in [3.63, 3.8) is 0 Å². The first kappa shape index (κ1) is 19.9. The summed E-state index contributed by atoms with van der Waals surface area (Å²) in [6, 6.07) is 6.90. The van der Waals surface area contributed by atoms with Gasteiger partial charge in [-0.3, -0.25) is 0 Å². The van der Waals surface area contributed by atoms with Crippen molar-refractivity contribution < 1.29 is 4.74 Å². The molecule has 0 aromatic heterocycles. The minimum Gasteiger partial charge on any atom is -0.376 e. The molecule has 0 radical (unpaired) electrons. The largest absolute Gasteiger partial charge is 0.376 e. The zero-order valence-corrected chi connectivity index (χ0v) is 17.3. The highest BCUT2D eigenvalue weighted by molar-refractivity contribution is 8.13. The van der Waals surface area contributed by atoms with Crippen LogP contribution in [0, 0.1) is 11.8 Å². The molecule has 1 saturated carbocycles. The van der Waals surface area contributed by atoms with Crippen molar-refractivity contribution >= 4 is 32.7 Å². The molecule has 1 fully saturated rings. The van der Waals surface area contributed by atoms with Crippen molar-refractivity contribution in [2.75, 3.05) is 19.1 Å². The molecule has 2 unspecified atom stereocenters. The third-order valence-electron chi connectivity index (χ3n) is 4.83. The van der Waals surface area contributed by atoms with Gasteiger partial charge in [0.25, 0.3) is 0 Å². The predicted molar refractivity (Wildman–Crippen MR) is 116 cm³/mol. The lowest BCUT2D eigenvalue weighted by Gasteiger charge is -2.26. The van der Waals surface area contributed by atoms with E-state index < -0.39 is 0 Å². The first-order chi connectivity index (χ1) is 11.4. The molecule has 1 aliphatic rings. The van der Waals surface area contributed by atoms with Crippen LogP contribution in [0.3, 0.4) is 0 Å². The highest BCUT2D eigenvalue weighted by Crippen LogP contribution is 2.29. The Kier molecular flexibility index (Phi) is 8.25. The minimum atomic E-state index is 0.176. The standard InChI is InChI=1S/C21H34OS2/c1-17-6-8-18(9-7-17)13-22-14-21-12-19(15-23(2)3)10-11-20(21)16-24(4)5/h10-12,17-18H,2,4,6-9,13-16H2,1,3,5H3. The van der Waals surface area contributed by atoms with E-state index in [9.17, 15) is 0 Å². The number of ether oxygens (including phenoxy) is 1. The second kappa shape index (κ2) is 9.94. The van der Waals surface area contributed by atoms with Crippen LogP contribution in [-0.2, 0) is 22.8 Å². The quantitative estimate of drug-likeness (QED) is 0.537. The molecule has 136 valence electrons. The Morgan fingerprint density at radius 1 is 1.00 bits per heavy atom. The summed E-state index contributed by atoms with van der Waals surface area (Å²) in [4.78, 5) is 0.